The molecule has 1 aromatic heterocycles. The molecule has 1 atom stereocenters. The van der Waals surface area contributed by atoms with Crippen LogP contribution in [0.4, 0.5) is 0 Å². The van der Waals surface area contributed by atoms with E-state index in [-0.39, 0.29) is 0 Å². The molecule has 0 saturated heterocycles. The van der Waals surface area contributed by atoms with Crippen LogP contribution in [-0.4, -0.2) is 27.6 Å². The number of aliphatic carboxylic acids is 1. The van der Waals surface area contributed by atoms with E-state index in [2.05, 4.69) is 5.32 Å². The fourth-order valence-electron chi connectivity index (χ4n) is 1.63. The summed E-state index contributed by atoms with van der Waals surface area (Å²) in [6.45, 7) is 1.43. The number of rotatable bonds is 4. The average Bonchev–Trinajstić information content (AvgIpc) is 2.92. The van der Waals surface area contributed by atoms with Gasteiger partial charge in [0.25, 0.3) is 5.91 Å². The van der Waals surface area contributed by atoms with Crippen molar-refractivity contribution in [2.24, 2.45) is 0 Å². The predicted octanol–water partition coefficient (Wildman–Crippen LogP) is 1.68. The van der Waals surface area contributed by atoms with Gasteiger partial charge in [0, 0.05) is 23.6 Å². The Morgan fingerprint density at radius 1 is 1.16 bits per heavy atom. The minimum atomic E-state index is -1.06. The Bertz CT molecular complexity index is 573. The van der Waals surface area contributed by atoms with Crippen LogP contribution in [0.2, 0.25) is 0 Å². The summed E-state index contributed by atoms with van der Waals surface area (Å²) in [7, 11) is 0. The van der Waals surface area contributed by atoms with Crippen molar-refractivity contribution in [3.8, 4) is 5.69 Å². The Kier molecular flexibility index (Phi) is 3.66. The minimum absolute atomic E-state index is 0.394. The van der Waals surface area contributed by atoms with Crippen molar-refractivity contribution in [2.45, 2.75) is 13.0 Å². The molecule has 0 aliphatic rings. The fraction of sp³-hybridized carbons (Fsp3) is 0.143. The summed E-state index contributed by atoms with van der Waals surface area (Å²) >= 11 is 0. The third-order valence-corrected chi connectivity index (χ3v) is 2.75. The number of nitrogens with zero attached hydrogens (tertiary/aromatic N) is 1. The zero-order valence-corrected chi connectivity index (χ0v) is 10.4. The van der Waals surface area contributed by atoms with Crippen LogP contribution in [-0.2, 0) is 4.79 Å². The van der Waals surface area contributed by atoms with Gasteiger partial charge in [-0.2, -0.15) is 0 Å². The molecule has 0 aliphatic heterocycles. The van der Waals surface area contributed by atoms with E-state index in [9.17, 15) is 9.59 Å². The predicted molar refractivity (Wildman–Crippen MR) is 70.3 cm³/mol. The van der Waals surface area contributed by atoms with E-state index in [4.69, 9.17) is 5.11 Å². The molecule has 0 spiro atoms. The van der Waals surface area contributed by atoms with Gasteiger partial charge in [0.05, 0.1) is 0 Å². The van der Waals surface area contributed by atoms with Gasteiger partial charge in [-0.05, 0) is 43.3 Å². The lowest BCUT2D eigenvalue weighted by atomic mass is 10.2. The molecule has 19 heavy (non-hydrogen) atoms. The van der Waals surface area contributed by atoms with E-state index in [1.807, 2.05) is 29.1 Å². The highest BCUT2D eigenvalue weighted by molar-refractivity contribution is 5.96. The van der Waals surface area contributed by atoms with Gasteiger partial charge in [0.15, 0.2) is 0 Å². The van der Waals surface area contributed by atoms with Crippen molar-refractivity contribution in [3.63, 3.8) is 0 Å². The van der Waals surface area contributed by atoms with Gasteiger partial charge in [-0.25, -0.2) is 0 Å². The number of carbonyl (C=O) groups excluding carboxylic acids is 1. The lowest BCUT2D eigenvalue weighted by Crippen LogP contribution is -2.38. The molecule has 98 valence electrons. The van der Waals surface area contributed by atoms with Gasteiger partial charge < -0.3 is 15.0 Å². The first-order valence-corrected chi connectivity index (χ1v) is 5.85. The highest BCUT2D eigenvalue weighted by Crippen LogP contribution is 2.10. The van der Waals surface area contributed by atoms with Crippen molar-refractivity contribution >= 4 is 11.9 Å². The molecule has 1 amide bonds. The normalized spacial score (nSPS) is 11.8. The number of hydrogen-bond donors (Lipinski definition) is 2. The lowest BCUT2D eigenvalue weighted by Gasteiger charge is -2.09. The summed E-state index contributed by atoms with van der Waals surface area (Å²) in [6, 6.07) is 9.86. The number of benzene rings is 1. The maximum atomic E-state index is 11.8. The SMILES string of the molecule is C[C@H](NC(=O)c1ccc(-n2cccc2)cc1)C(=O)O. The summed E-state index contributed by atoms with van der Waals surface area (Å²) in [5, 5.41) is 11.1. The quantitative estimate of drug-likeness (QED) is 0.876. The van der Waals surface area contributed by atoms with Crippen molar-refractivity contribution < 1.29 is 14.7 Å². The van der Waals surface area contributed by atoms with Crippen LogP contribution in [0.25, 0.3) is 5.69 Å². The molecule has 2 N–H and O–H groups in total. The molecule has 0 aliphatic carbocycles. The second-order valence-corrected chi connectivity index (χ2v) is 4.17. The first kappa shape index (κ1) is 12.9. The minimum Gasteiger partial charge on any atom is -0.480 e. The van der Waals surface area contributed by atoms with Crippen LogP contribution in [0.3, 0.4) is 0 Å². The summed E-state index contributed by atoms with van der Waals surface area (Å²) in [5.74, 6) is -1.45. The Hall–Kier alpha value is -2.56. The van der Waals surface area contributed by atoms with Crippen LogP contribution in [0.15, 0.2) is 48.8 Å². The summed E-state index contributed by atoms with van der Waals surface area (Å²) in [6.07, 6.45) is 3.81. The summed E-state index contributed by atoms with van der Waals surface area (Å²) < 4.78 is 1.92. The van der Waals surface area contributed by atoms with E-state index in [1.54, 1.807) is 24.3 Å². The maximum absolute atomic E-state index is 11.8. The van der Waals surface area contributed by atoms with Crippen molar-refractivity contribution in [1.82, 2.24) is 9.88 Å². The molecule has 2 rings (SSSR count). The Morgan fingerprint density at radius 3 is 2.26 bits per heavy atom. The number of nitrogens with one attached hydrogen (secondary N) is 1. The second kappa shape index (κ2) is 5.39. The Labute approximate surface area is 110 Å². The molecule has 1 aromatic carbocycles. The highest BCUT2D eigenvalue weighted by Gasteiger charge is 2.14. The largest absolute Gasteiger partial charge is 0.480 e. The molecule has 0 saturated carbocycles. The standard InChI is InChI=1S/C14H14N2O3/c1-10(14(18)19)15-13(17)11-4-6-12(7-5-11)16-8-2-3-9-16/h2-10H,1H3,(H,15,17)(H,18,19)/t10-/m0/s1. The Morgan fingerprint density at radius 2 is 1.74 bits per heavy atom. The first-order valence-electron chi connectivity index (χ1n) is 5.85. The van der Waals surface area contributed by atoms with Crippen molar-refractivity contribution in [3.05, 3.63) is 54.4 Å². The van der Waals surface area contributed by atoms with Gasteiger partial charge in [-0.3, -0.25) is 9.59 Å². The van der Waals surface area contributed by atoms with E-state index >= 15 is 0 Å². The van der Waals surface area contributed by atoms with Gasteiger partial charge >= 0.3 is 5.97 Å². The van der Waals surface area contributed by atoms with E-state index in [1.165, 1.54) is 6.92 Å². The van der Waals surface area contributed by atoms with Gasteiger partial charge in [0.1, 0.15) is 6.04 Å². The lowest BCUT2D eigenvalue weighted by molar-refractivity contribution is -0.138. The third-order valence-electron chi connectivity index (χ3n) is 2.75. The number of carboxylic acid groups (broad SMARTS) is 1. The zero-order valence-electron chi connectivity index (χ0n) is 10.4. The molecular formula is C14H14N2O3. The Balaban J connectivity index is 2.10. The van der Waals surface area contributed by atoms with Crippen LogP contribution in [0.1, 0.15) is 17.3 Å². The smallest absolute Gasteiger partial charge is 0.325 e. The second-order valence-electron chi connectivity index (χ2n) is 4.17. The van der Waals surface area contributed by atoms with E-state index in [0.717, 1.165) is 5.69 Å². The number of aromatic nitrogens is 1. The molecule has 0 radical (unpaired) electrons. The van der Waals surface area contributed by atoms with Gasteiger partial charge in [-0.15, -0.1) is 0 Å². The molecule has 0 unspecified atom stereocenters. The number of hydrogen-bond acceptors (Lipinski definition) is 2. The molecule has 0 fully saturated rings. The van der Waals surface area contributed by atoms with E-state index in [0.29, 0.717) is 5.56 Å². The summed E-state index contributed by atoms with van der Waals surface area (Å²) in [5.41, 5.74) is 1.37. The van der Waals surface area contributed by atoms with Crippen LogP contribution < -0.4 is 5.32 Å². The fourth-order valence-corrected chi connectivity index (χ4v) is 1.63. The maximum Gasteiger partial charge on any atom is 0.325 e. The van der Waals surface area contributed by atoms with Crippen molar-refractivity contribution in [1.29, 1.82) is 0 Å². The number of carboxylic acids is 1. The zero-order chi connectivity index (χ0) is 13.8. The molecular weight excluding hydrogens is 244 g/mol. The topological polar surface area (TPSA) is 71.3 Å². The van der Waals surface area contributed by atoms with Gasteiger partial charge in [-0.1, -0.05) is 0 Å². The molecule has 2 aromatic rings. The van der Waals surface area contributed by atoms with Gasteiger partial charge in [0.2, 0.25) is 0 Å². The highest BCUT2D eigenvalue weighted by atomic mass is 16.4. The number of carbonyl (C=O) groups is 2. The molecule has 5 nitrogen and oxygen atoms in total. The van der Waals surface area contributed by atoms with Crippen molar-refractivity contribution in [2.75, 3.05) is 0 Å². The monoisotopic (exact) mass is 258 g/mol. The number of amides is 1. The summed E-state index contributed by atoms with van der Waals surface area (Å²) in [4.78, 5) is 22.4. The first-order chi connectivity index (χ1) is 9.08. The third kappa shape index (κ3) is 3.01. The molecule has 0 bridgehead atoms. The van der Waals surface area contributed by atoms with E-state index < -0.39 is 17.9 Å². The molecule has 1 heterocycles. The average molecular weight is 258 g/mol. The van der Waals surface area contributed by atoms with Crippen LogP contribution >= 0.6 is 0 Å². The van der Waals surface area contributed by atoms with Crippen LogP contribution in [0.5, 0.6) is 0 Å². The van der Waals surface area contributed by atoms with Crippen LogP contribution in [0, 0.1) is 0 Å². The molecule has 5 heteroatoms.